The van der Waals surface area contributed by atoms with Crippen LogP contribution in [0.1, 0.15) is 107 Å². The number of ketones is 1. The second kappa shape index (κ2) is 13.7. The molecule has 14 nitrogen and oxygen atoms in total. The third-order valence-electron chi connectivity index (χ3n) is 12.2. The summed E-state index contributed by atoms with van der Waals surface area (Å²) >= 11 is 0. The van der Waals surface area contributed by atoms with Crippen molar-refractivity contribution in [3.63, 3.8) is 0 Å². The topological polar surface area (TPSA) is 182 Å². The lowest BCUT2D eigenvalue weighted by Crippen LogP contribution is -2.78. The minimum Gasteiger partial charge on any atom is -0.456 e. The zero-order valence-corrected chi connectivity index (χ0v) is 33.6. The number of fused-ring (bicyclic) bond motifs is 5. The molecule has 55 heavy (non-hydrogen) atoms. The zero-order valence-electron chi connectivity index (χ0n) is 33.6. The van der Waals surface area contributed by atoms with E-state index in [0.717, 1.165) is 0 Å². The van der Waals surface area contributed by atoms with Crippen LogP contribution >= 0.6 is 0 Å². The maximum Gasteiger partial charge on any atom is 0.408 e. The van der Waals surface area contributed by atoms with Crippen LogP contribution in [0, 0.1) is 16.7 Å². The lowest BCUT2D eigenvalue weighted by Gasteiger charge is -2.66. The van der Waals surface area contributed by atoms with Crippen LogP contribution in [0.25, 0.3) is 0 Å². The van der Waals surface area contributed by atoms with Gasteiger partial charge in [-0.25, -0.2) is 9.59 Å². The summed E-state index contributed by atoms with van der Waals surface area (Å²) in [7, 11) is 0. The molecule has 4 fully saturated rings. The van der Waals surface area contributed by atoms with Crippen LogP contribution in [0.5, 0.6) is 0 Å². The molecule has 302 valence electrons. The quantitative estimate of drug-likeness (QED) is 0.220. The van der Waals surface area contributed by atoms with Crippen LogP contribution in [-0.2, 0) is 52.3 Å². The predicted molar refractivity (Wildman–Crippen MR) is 194 cm³/mol. The molecule has 6 rings (SSSR count). The molecule has 0 aromatic heterocycles. The highest BCUT2D eigenvalue weighted by molar-refractivity contribution is 5.94. The molecule has 2 aliphatic heterocycles. The Morgan fingerprint density at radius 3 is 2.20 bits per heavy atom. The highest BCUT2D eigenvalue weighted by Gasteiger charge is 2.78. The molecule has 1 spiro atoms. The lowest BCUT2D eigenvalue weighted by atomic mass is 9.45. The normalized spacial score (nSPS) is 35.6. The van der Waals surface area contributed by atoms with E-state index >= 15 is 4.79 Å². The van der Waals surface area contributed by atoms with E-state index in [1.165, 1.54) is 13.8 Å². The van der Waals surface area contributed by atoms with Crippen molar-refractivity contribution in [2.24, 2.45) is 16.7 Å². The predicted octanol–water partition coefficient (Wildman–Crippen LogP) is 4.79. The smallest absolute Gasteiger partial charge is 0.408 e. The number of benzene rings is 1. The minimum absolute atomic E-state index is 0.00732. The Hall–Kier alpha value is -3.85. The summed E-state index contributed by atoms with van der Waals surface area (Å²) in [5, 5.41) is 14.3. The standard InChI is InChI=1S/C41H55NO13/c1-21-25(51-34(47)29(45)28(24-15-13-12-14-16-24)42-35(48)54-36(4,5)6)19-41-33(53-38(9,10)55-41)31-39(11,18-17-26-40(31,20-49-26)52-23(3)44)32(46)30(50-22(2)43)27(21)37(41,7)8/h12-16,25-26,28-31,33,45H,17-20H2,1-11H3,(H,42,48)/t25-,26+,28-,29+,30+,31-,33-,39+,40-,41+/m0/s1. The van der Waals surface area contributed by atoms with Crippen molar-refractivity contribution < 1.29 is 62.2 Å². The monoisotopic (exact) mass is 769 g/mol. The molecule has 2 saturated heterocycles. The number of rotatable bonds is 7. The number of Topliss-reactive ketones (excluding diaryl/α,β-unsaturated/α-hetero) is 1. The van der Waals surface area contributed by atoms with Gasteiger partial charge in [-0.1, -0.05) is 51.1 Å². The third-order valence-corrected chi connectivity index (χ3v) is 12.2. The largest absolute Gasteiger partial charge is 0.456 e. The number of aliphatic hydroxyl groups excluding tert-OH is 1. The number of aliphatic hydroxyl groups is 1. The van der Waals surface area contributed by atoms with E-state index in [4.69, 9.17) is 33.2 Å². The first-order valence-electron chi connectivity index (χ1n) is 18.9. The van der Waals surface area contributed by atoms with E-state index in [9.17, 15) is 24.3 Å². The summed E-state index contributed by atoms with van der Waals surface area (Å²) in [6, 6.07) is 7.18. The maximum atomic E-state index is 15.3. The van der Waals surface area contributed by atoms with Crippen molar-refractivity contribution in [1.29, 1.82) is 0 Å². The number of ether oxygens (including phenoxy) is 7. The number of esters is 3. The van der Waals surface area contributed by atoms with Crippen LogP contribution in [0.3, 0.4) is 0 Å². The number of carbonyl (C=O) groups is 5. The van der Waals surface area contributed by atoms with Crippen molar-refractivity contribution in [2.75, 3.05) is 6.61 Å². The molecular weight excluding hydrogens is 714 g/mol. The van der Waals surface area contributed by atoms with Crippen LogP contribution in [0.15, 0.2) is 41.5 Å². The minimum atomic E-state index is -1.91. The van der Waals surface area contributed by atoms with Gasteiger partial charge in [0.2, 0.25) is 0 Å². The van der Waals surface area contributed by atoms with Crippen LogP contribution in [-0.4, -0.2) is 94.6 Å². The molecule has 10 atom stereocenters. The molecule has 0 radical (unpaired) electrons. The maximum absolute atomic E-state index is 15.3. The summed E-state index contributed by atoms with van der Waals surface area (Å²) in [4.78, 5) is 68.1. The molecule has 1 amide bonds. The van der Waals surface area contributed by atoms with E-state index in [1.54, 1.807) is 78.8 Å². The van der Waals surface area contributed by atoms with Gasteiger partial charge < -0.3 is 43.6 Å². The second-order valence-corrected chi connectivity index (χ2v) is 17.9. The SMILES string of the molecule is CC(=O)O[C@H]1C(=O)[C@]2(C)CC[C@H]3OC[C@@]3(OC(C)=O)[C@H]2[C@@H]2OC(C)(C)O[C@]23C[C@H](OC(=O)[C@H](O)[C@@H](NC(=O)OC(C)(C)C)c2ccccc2)C(C)=C1C3(C)C. The van der Waals surface area contributed by atoms with Gasteiger partial charge >= 0.3 is 24.0 Å². The summed E-state index contributed by atoms with van der Waals surface area (Å²) < 4.78 is 43.7. The highest BCUT2D eigenvalue weighted by Crippen LogP contribution is 2.68. The van der Waals surface area contributed by atoms with E-state index in [-0.39, 0.29) is 13.0 Å². The fraction of sp³-hybridized carbons (Fsp3) is 0.683. The van der Waals surface area contributed by atoms with E-state index in [1.807, 2.05) is 13.8 Å². The number of carbonyl (C=O) groups excluding carboxylic acids is 5. The lowest BCUT2D eigenvalue weighted by molar-refractivity contribution is -0.323. The molecule has 2 saturated carbocycles. The Morgan fingerprint density at radius 2 is 1.64 bits per heavy atom. The molecule has 2 bridgehead atoms. The van der Waals surface area contributed by atoms with Gasteiger partial charge in [0.05, 0.1) is 18.8 Å². The third kappa shape index (κ3) is 6.76. The van der Waals surface area contributed by atoms with Crippen molar-refractivity contribution in [2.45, 2.75) is 155 Å². The first-order valence-corrected chi connectivity index (χ1v) is 18.9. The second-order valence-electron chi connectivity index (χ2n) is 17.9. The number of nitrogens with one attached hydrogen (secondary N) is 1. The molecule has 14 heteroatoms. The molecule has 0 unspecified atom stereocenters. The van der Waals surface area contributed by atoms with Gasteiger partial charge in [0.25, 0.3) is 0 Å². The Bertz CT molecular complexity index is 1780. The molecule has 1 aromatic rings. The van der Waals surface area contributed by atoms with Crippen molar-refractivity contribution in [3.05, 3.63) is 47.0 Å². The first-order chi connectivity index (χ1) is 25.4. The molecule has 1 aromatic carbocycles. The summed E-state index contributed by atoms with van der Waals surface area (Å²) in [5.41, 5.74) is -4.65. The fourth-order valence-corrected chi connectivity index (χ4v) is 10.0. The van der Waals surface area contributed by atoms with Gasteiger partial charge in [-0.2, -0.15) is 0 Å². The highest BCUT2D eigenvalue weighted by atomic mass is 16.8. The number of alkyl carbamates (subject to hydrolysis) is 1. The molecule has 2 heterocycles. The first kappa shape index (κ1) is 40.8. The van der Waals surface area contributed by atoms with Gasteiger partial charge in [-0.3, -0.25) is 14.4 Å². The molecular formula is C41H55NO13. The molecule has 2 N–H and O–H groups in total. The van der Waals surface area contributed by atoms with Crippen LogP contribution in [0.2, 0.25) is 0 Å². The number of hydrogen-bond acceptors (Lipinski definition) is 13. The van der Waals surface area contributed by atoms with Crippen molar-refractivity contribution in [1.82, 2.24) is 5.32 Å². The Balaban J connectivity index is 1.49. The summed E-state index contributed by atoms with van der Waals surface area (Å²) in [6.07, 6.45) is -6.09. The Kier molecular flexibility index (Phi) is 10.1. The van der Waals surface area contributed by atoms with E-state index in [2.05, 4.69) is 5.32 Å². The van der Waals surface area contributed by atoms with Gasteiger partial charge in [0.15, 0.2) is 29.4 Å². The average Bonchev–Trinajstić information content (AvgIpc) is 3.33. The van der Waals surface area contributed by atoms with Crippen LogP contribution in [0.4, 0.5) is 4.79 Å². The van der Waals surface area contributed by atoms with Gasteiger partial charge in [-0.05, 0) is 71.1 Å². The summed E-state index contributed by atoms with van der Waals surface area (Å²) in [5.74, 6) is -4.83. The van der Waals surface area contributed by atoms with Gasteiger partial charge in [0.1, 0.15) is 23.4 Å². The van der Waals surface area contributed by atoms with E-state index < -0.39 is 106 Å². The van der Waals surface area contributed by atoms with Crippen LogP contribution < -0.4 is 5.32 Å². The van der Waals surface area contributed by atoms with E-state index in [0.29, 0.717) is 29.6 Å². The number of amides is 1. The molecule has 3 aliphatic carbocycles. The zero-order chi connectivity index (χ0) is 40.7. The van der Waals surface area contributed by atoms with Gasteiger partial charge in [0, 0.05) is 37.0 Å². The molecule has 5 aliphatic rings. The van der Waals surface area contributed by atoms with Crippen molar-refractivity contribution in [3.8, 4) is 0 Å². The van der Waals surface area contributed by atoms with Gasteiger partial charge in [-0.15, -0.1) is 0 Å². The number of hydrogen-bond donors (Lipinski definition) is 2. The average molecular weight is 770 g/mol. The Morgan fingerprint density at radius 1 is 0.982 bits per heavy atom. The fourth-order valence-electron chi connectivity index (χ4n) is 10.0. The Labute approximate surface area is 321 Å². The van der Waals surface area contributed by atoms with Crippen molar-refractivity contribution >= 4 is 29.8 Å². The summed E-state index contributed by atoms with van der Waals surface area (Å²) in [6.45, 7) is 18.4.